The fraction of sp³-hybridized carbons (Fsp3) is 0.185. The summed E-state index contributed by atoms with van der Waals surface area (Å²) >= 11 is 0. The third-order valence-electron chi connectivity index (χ3n) is 5.67. The highest BCUT2D eigenvalue weighted by atomic mass is 19.1. The molecule has 0 radical (unpaired) electrons. The summed E-state index contributed by atoms with van der Waals surface area (Å²) in [6.07, 6.45) is 6.05. The van der Waals surface area contributed by atoms with Crippen molar-refractivity contribution in [2.75, 3.05) is 6.61 Å². The lowest BCUT2D eigenvalue weighted by Gasteiger charge is -2.10. The molecular weight excluding hydrogens is 415 g/mol. The Morgan fingerprint density at radius 2 is 1.64 bits per heavy atom. The summed E-state index contributed by atoms with van der Waals surface area (Å²) < 4.78 is 23.2. The number of ether oxygens (including phenoxy) is 1. The van der Waals surface area contributed by atoms with Gasteiger partial charge in [0, 0.05) is 29.6 Å². The van der Waals surface area contributed by atoms with Gasteiger partial charge in [-0.1, -0.05) is 25.5 Å². The van der Waals surface area contributed by atoms with Gasteiger partial charge < -0.3 is 9.30 Å². The standard InChI is InChI=1S/C27H25FN4O/c1-3-4-17-33-23-13-9-21(10-14-23)26-19(2)30-32-24(20-7-11-22(28)12-8-20)18-25(29-27(26)32)31-15-5-6-16-31/h5-16,18H,3-4,17H2,1-2H3. The van der Waals surface area contributed by atoms with Crippen molar-refractivity contribution in [1.29, 1.82) is 0 Å². The Balaban J connectivity index is 1.66. The largest absolute Gasteiger partial charge is 0.494 e. The van der Waals surface area contributed by atoms with Crippen molar-refractivity contribution >= 4 is 5.65 Å². The van der Waals surface area contributed by atoms with E-state index < -0.39 is 0 Å². The number of aromatic nitrogens is 4. The second kappa shape index (κ2) is 8.90. The van der Waals surface area contributed by atoms with Gasteiger partial charge in [-0.05, 0) is 67.4 Å². The second-order valence-corrected chi connectivity index (χ2v) is 8.02. The van der Waals surface area contributed by atoms with Crippen LogP contribution < -0.4 is 4.74 Å². The molecule has 0 fully saturated rings. The van der Waals surface area contributed by atoms with Crippen molar-refractivity contribution in [1.82, 2.24) is 19.2 Å². The van der Waals surface area contributed by atoms with Crippen LogP contribution in [-0.4, -0.2) is 25.8 Å². The van der Waals surface area contributed by atoms with Crippen molar-refractivity contribution in [2.45, 2.75) is 26.7 Å². The van der Waals surface area contributed by atoms with E-state index in [1.807, 2.05) is 70.9 Å². The number of aryl methyl sites for hydroxylation is 1. The summed E-state index contributed by atoms with van der Waals surface area (Å²) in [5, 5.41) is 4.81. The van der Waals surface area contributed by atoms with E-state index in [1.165, 1.54) is 12.1 Å². The normalized spacial score (nSPS) is 11.2. The van der Waals surface area contributed by atoms with Crippen molar-refractivity contribution in [3.05, 3.63) is 90.6 Å². The molecule has 5 aromatic rings. The van der Waals surface area contributed by atoms with E-state index in [-0.39, 0.29) is 5.82 Å². The molecule has 0 saturated heterocycles. The van der Waals surface area contributed by atoms with Gasteiger partial charge in [-0.25, -0.2) is 13.9 Å². The van der Waals surface area contributed by atoms with Crippen LogP contribution in [0.3, 0.4) is 0 Å². The predicted octanol–water partition coefficient (Wildman–Crippen LogP) is 6.48. The predicted molar refractivity (Wildman–Crippen MR) is 128 cm³/mol. The number of rotatable bonds is 7. The van der Waals surface area contributed by atoms with E-state index in [9.17, 15) is 4.39 Å². The Morgan fingerprint density at radius 1 is 0.939 bits per heavy atom. The highest BCUT2D eigenvalue weighted by molar-refractivity contribution is 5.82. The topological polar surface area (TPSA) is 44.4 Å². The Kier molecular flexibility index (Phi) is 5.65. The molecule has 3 aromatic heterocycles. The van der Waals surface area contributed by atoms with Gasteiger partial charge in [-0.3, -0.25) is 0 Å². The number of halogens is 1. The summed E-state index contributed by atoms with van der Waals surface area (Å²) in [6.45, 7) is 4.85. The van der Waals surface area contributed by atoms with E-state index in [2.05, 4.69) is 6.92 Å². The first-order chi connectivity index (χ1) is 16.1. The van der Waals surface area contributed by atoms with Crippen LogP contribution in [0.5, 0.6) is 5.75 Å². The maximum absolute atomic E-state index is 13.6. The lowest BCUT2D eigenvalue weighted by Crippen LogP contribution is -2.02. The highest BCUT2D eigenvalue weighted by Crippen LogP contribution is 2.32. The minimum atomic E-state index is -0.270. The zero-order chi connectivity index (χ0) is 22.8. The lowest BCUT2D eigenvalue weighted by molar-refractivity contribution is 0.309. The number of benzene rings is 2. The molecule has 33 heavy (non-hydrogen) atoms. The summed E-state index contributed by atoms with van der Waals surface area (Å²) in [4.78, 5) is 4.96. The second-order valence-electron chi connectivity index (χ2n) is 8.02. The van der Waals surface area contributed by atoms with E-state index in [0.29, 0.717) is 6.61 Å². The molecule has 166 valence electrons. The maximum Gasteiger partial charge on any atom is 0.166 e. The van der Waals surface area contributed by atoms with Crippen LogP contribution in [0.2, 0.25) is 0 Å². The van der Waals surface area contributed by atoms with E-state index in [4.69, 9.17) is 14.8 Å². The Hall–Kier alpha value is -3.93. The van der Waals surface area contributed by atoms with Gasteiger partial charge in [0.25, 0.3) is 0 Å². The summed E-state index contributed by atoms with van der Waals surface area (Å²) in [7, 11) is 0. The molecule has 0 spiro atoms. The number of hydrogen-bond acceptors (Lipinski definition) is 3. The van der Waals surface area contributed by atoms with Crippen molar-refractivity contribution in [2.24, 2.45) is 0 Å². The van der Waals surface area contributed by atoms with Crippen molar-refractivity contribution in [3.63, 3.8) is 0 Å². The van der Waals surface area contributed by atoms with Gasteiger partial charge in [-0.15, -0.1) is 0 Å². The molecule has 0 unspecified atom stereocenters. The van der Waals surface area contributed by atoms with Crippen LogP contribution in [0.4, 0.5) is 4.39 Å². The van der Waals surface area contributed by atoms with Crippen molar-refractivity contribution in [3.8, 4) is 34.0 Å². The molecule has 0 aliphatic heterocycles. The Bertz CT molecular complexity index is 1370. The minimum absolute atomic E-state index is 0.270. The van der Waals surface area contributed by atoms with E-state index in [1.54, 1.807) is 12.1 Å². The Morgan fingerprint density at radius 3 is 2.33 bits per heavy atom. The zero-order valence-corrected chi connectivity index (χ0v) is 18.7. The molecule has 6 heteroatoms. The van der Waals surface area contributed by atoms with E-state index >= 15 is 0 Å². The fourth-order valence-electron chi connectivity index (χ4n) is 3.95. The maximum atomic E-state index is 13.6. The molecule has 0 aliphatic carbocycles. The molecule has 2 aromatic carbocycles. The zero-order valence-electron chi connectivity index (χ0n) is 18.7. The number of hydrogen-bond donors (Lipinski definition) is 0. The molecule has 0 aliphatic rings. The van der Waals surface area contributed by atoms with Gasteiger partial charge in [0.2, 0.25) is 0 Å². The van der Waals surface area contributed by atoms with Crippen LogP contribution in [-0.2, 0) is 0 Å². The third-order valence-corrected chi connectivity index (χ3v) is 5.67. The van der Waals surface area contributed by atoms with Crippen LogP contribution in [0.25, 0.3) is 33.8 Å². The average molecular weight is 441 g/mol. The molecular formula is C27H25FN4O. The molecule has 0 amide bonds. The minimum Gasteiger partial charge on any atom is -0.494 e. The average Bonchev–Trinajstić information content (AvgIpc) is 3.47. The molecule has 3 heterocycles. The molecule has 5 nitrogen and oxygen atoms in total. The van der Waals surface area contributed by atoms with Gasteiger partial charge in [0.15, 0.2) is 5.65 Å². The summed E-state index contributed by atoms with van der Waals surface area (Å²) in [5.74, 6) is 1.36. The monoisotopic (exact) mass is 440 g/mol. The quantitative estimate of drug-likeness (QED) is 0.272. The molecule has 0 atom stereocenters. The first kappa shape index (κ1) is 20.9. The lowest BCUT2D eigenvalue weighted by atomic mass is 10.1. The Labute approximate surface area is 192 Å². The number of nitrogens with zero attached hydrogens (tertiary/aromatic N) is 4. The van der Waals surface area contributed by atoms with Gasteiger partial charge in [0.05, 0.1) is 18.0 Å². The van der Waals surface area contributed by atoms with Gasteiger partial charge in [-0.2, -0.15) is 5.10 Å². The third kappa shape index (κ3) is 4.12. The van der Waals surface area contributed by atoms with Crippen molar-refractivity contribution < 1.29 is 9.13 Å². The molecule has 0 saturated carbocycles. The van der Waals surface area contributed by atoms with Crippen LogP contribution in [0.1, 0.15) is 25.5 Å². The molecule has 0 bridgehead atoms. The number of unbranched alkanes of at least 4 members (excludes halogenated alkanes) is 1. The van der Waals surface area contributed by atoms with Gasteiger partial charge >= 0.3 is 0 Å². The highest BCUT2D eigenvalue weighted by Gasteiger charge is 2.18. The SMILES string of the molecule is CCCCOc1ccc(-c2c(C)nn3c(-c4ccc(F)cc4)cc(-n4cccc4)nc23)cc1. The summed E-state index contributed by atoms with van der Waals surface area (Å²) in [6, 6.07) is 20.4. The number of fused-ring (bicyclic) bond motifs is 1. The fourth-order valence-corrected chi connectivity index (χ4v) is 3.95. The molecule has 0 N–H and O–H groups in total. The molecule has 5 rings (SSSR count). The van der Waals surface area contributed by atoms with Crippen LogP contribution in [0, 0.1) is 12.7 Å². The van der Waals surface area contributed by atoms with E-state index in [0.717, 1.165) is 58.1 Å². The first-order valence-electron chi connectivity index (χ1n) is 11.2. The van der Waals surface area contributed by atoms with Crippen LogP contribution in [0.15, 0.2) is 79.1 Å². The smallest absolute Gasteiger partial charge is 0.166 e. The summed E-state index contributed by atoms with van der Waals surface area (Å²) in [5.41, 5.74) is 5.32. The van der Waals surface area contributed by atoms with Crippen LogP contribution >= 0.6 is 0 Å². The first-order valence-corrected chi connectivity index (χ1v) is 11.2. The van der Waals surface area contributed by atoms with Gasteiger partial charge in [0.1, 0.15) is 17.4 Å².